The predicted molar refractivity (Wildman–Crippen MR) is 217 cm³/mol. The van der Waals surface area contributed by atoms with Gasteiger partial charge < -0.3 is 19.3 Å². The molecule has 0 aromatic heterocycles. The third-order valence-electron chi connectivity index (χ3n) is 11.6. The van der Waals surface area contributed by atoms with E-state index in [0.717, 1.165) is 40.3 Å². The average Bonchev–Trinajstić information content (AvgIpc) is 3.68. The van der Waals surface area contributed by atoms with Gasteiger partial charge in [-0.3, -0.25) is 10.6 Å². The van der Waals surface area contributed by atoms with Gasteiger partial charge in [0, 0.05) is 47.7 Å². The summed E-state index contributed by atoms with van der Waals surface area (Å²) < 4.78 is 11.7. The molecule has 0 atom stereocenters. The van der Waals surface area contributed by atoms with E-state index in [2.05, 4.69) is 119 Å². The minimum Gasteiger partial charge on any atom is -0.448 e. The van der Waals surface area contributed by atoms with Crippen LogP contribution in [0.4, 0.5) is 32.3 Å². The summed E-state index contributed by atoms with van der Waals surface area (Å²) in [5.41, 5.74) is 17.8. The maximum atomic E-state index is 13.2. The van der Waals surface area contributed by atoms with Crippen LogP contribution in [-0.2, 0) is 22.6 Å². The van der Waals surface area contributed by atoms with Gasteiger partial charge in [0.1, 0.15) is 13.2 Å². The third kappa shape index (κ3) is 5.68. The van der Waals surface area contributed by atoms with Gasteiger partial charge in [-0.25, -0.2) is 9.59 Å². The molecule has 2 heterocycles. The number of benzene rings is 6. The second-order valence-electron chi connectivity index (χ2n) is 15.0. The number of ether oxygens (including phenoxy) is 2. The van der Waals surface area contributed by atoms with Crippen molar-refractivity contribution in [3.63, 3.8) is 0 Å². The fourth-order valence-electron chi connectivity index (χ4n) is 9.52. The van der Waals surface area contributed by atoms with Gasteiger partial charge in [0.2, 0.25) is 0 Å². The van der Waals surface area contributed by atoms with E-state index in [0.29, 0.717) is 13.1 Å². The number of fused-ring (bicyclic) bond motifs is 12. The Morgan fingerprint density at radius 3 is 1.25 bits per heavy atom. The summed E-state index contributed by atoms with van der Waals surface area (Å²) in [6.07, 6.45) is -0.925. The molecule has 6 aromatic carbocycles. The molecule has 0 saturated heterocycles. The highest BCUT2D eigenvalue weighted by molar-refractivity contribution is 5.89. The number of carbonyl (C=O) groups is 2. The van der Waals surface area contributed by atoms with Crippen molar-refractivity contribution < 1.29 is 19.1 Å². The molecule has 8 heteroatoms. The minimum atomic E-state index is -0.463. The molecule has 0 radical (unpaired) electrons. The van der Waals surface area contributed by atoms with Crippen molar-refractivity contribution in [1.29, 1.82) is 0 Å². The first kappa shape index (κ1) is 33.1. The van der Waals surface area contributed by atoms with Crippen LogP contribution in [0.2, 0.25) is 0 Å². The molecular formula is C47H40N4O4. The second-order valence-corrected chi connectivity index (χ2v) is 15.0. The number of nitrogens with zero attached hydrogens (tertiary/aromatic N) is 2. The lowest BCUT2D eigenvalue weighted by Gasteiger charge is -2.46. The van der Waals surface area contributed by atoms with Crippen molar-refractivity contribution in [3.05, 3.63) is 166 Å². The van der Waals surface area contributed by atoms with E-state index in [1.165, 1.54) is 55.9 Å². The maximum absolute atomic E-state index is 13.2. The number of anilines is 4. The van der Waals surface area contributed by atoms with Crippen LogP contribution in [0.1, 0.15) is 56.3 Å². The summed E-state index contributed by atoms with van der Waals surface area (Å²) >= 11 is 0. The quantitative estimate of drug-likeness (QED) is 0.178. The number of amides is 2. The fraction of sp³-hybridized carbons (Fsp3) is 0.191. The van der Waals surface area contributed by atoms with E-state index in [1.807, 2.05) is 36.4 Å². The highest BCUT2D eigenvalue weighted by Crippen LogP contribution is 2.47. The number of nitrogens with one attached hydrogen (secondary N) is 2. The molecule has 4 aliphatic rings. The maximum Gasteiger partial charge on any atom is 0.411 e. The number of hydrogen-bond acceptors (Lipinski definition) is 6. The highest BCUT2D eigenvalue weighted by Gasteiger charge is 2.34. The van der Waals surface area contributed by atoms with Crippen LogP contribution in [0.3, 0.4) is 0 Å². The van der Waals surface area contributed by atoms with E-state index < -0.39 is 12.2 Å². The molecule has 6 aromatic rings. The Balaban J connectivity index is 0.810. The third-order valence-corrected chi connectivity index (χ3v) is 11.6. The van der Waals surface area contributed by atoms with Gasteiger partial charge in [-0.05, 0) is 105 Å². The Bertz CT molecular complexity index is 2280. The largest absolute Gasteiger partial charge is 0.448 e. The molecule has 8 nitrogen and oxygen atoms in total. The van der Waals surface area contributed by atoms with Crippen molar-refractivity contribution >= 4 is 34.9 Å². The molecule has 2 amide bonds. The zero-order chi connectivity index (χ0) is 37.2. The molecule has 2 bridgehead atoms. The van der Waals surface area contributed by atoms with Crippen LogP contribution < -0.4 is 20.4 Å². The lowest BCUT2D eigenvalue weighted by Crippen LogP contribution is -2.46. The van der Waals surface area contributed by atoms with Crippen molar-refractivity contribution in [2.24, 2.45) is 0 Å². The number of aryl methyl sites for hydroxylation is 2. The Kier molecular flexibility index (Phi) is 7.87. The number of hydrogen-bond donors (Lipinski definition) is 2. The molecule has 2 aliphatic heterocycles. The first-order valence-corrected chi connectivity index (χ1v) is 18.9. The van der Waals surface area contributed by atoms with E-state index in [-0.39, 0.29) is 25.0 Å². The fourth-order valence-corrected chi connectivity index (χ4v) is 9.52. The van der Waals surface area contributed by atoms with Crippen LogP contribution in [0.15, 0.2) is 121 Å². The van der Waals surface area contributed by atoms with E-state index in [1.54, 1.807) is 0 Å². The topological polar surface area (TPSA) is 83.1 Å². The highest BCUT2D eigenvalue weighted by atomic mass is 16.6. The minimum absolute atomic E-state index is 0.00123. The standard InChI is InChI=1S/C47H40N4O4/c1-28-19-32(48-46(52)54-25-42-38-15-7-3-11-34(38)35-12-4-8-16-39(35)42)21-30-23-51-27-50(44(28)30)24-31-22-33(20-29(2)45(31)51)49-47(53)55-26-43-40-17-9-5-13-36(40)37-14-6-10-18-41(37)43/h3-22,42-43H,23-27H2,1-2H3,(H,48,52)(H,49,53). The molecule has 272 valence electrons. The van der Waals surface area contributed by atoms with Gasteiger partial charge in [0.25, 0.3) is 0 Å². The van der Waals surface area contributed by atoms with E-state index >= 15 is 0 Å². The lowest BCUT2D eigenvalue weighted by atomic mass is 9.96. The predicted octanol–water partition coefficient (Wildman–Crippen LogP) is 10.3. The summed E-state index contributed by atoms with van der Waals surface area (Å²) in [6, 6.07) is 41.6. The van der Waals surface area contributed by atoms with Gasteiger partial charge in [-0.15, -0.1) is 0 Å². The van der Waals surface area contributed by atoms with Crippen LogP contribution in [0.5, 0.6) is 0 Å². The molecule has 0 saturated carbocycles. The molecule has 0 fully saturated rings. The van der Waals surface area contributed by atoms with Gasteiger partial charge in [0.15, 0.2) is 0 Å². The number of rotatable bonds is 6. The van der Waals surface area contributed by atoms with Crippen molar-refractivity contribution in [2.75, 3.05) is 40.3 Å². The summed E-state index contributed by atoms with van der Waals surface area (Å²) in [4.78, 5) is 31.1. The SMILES string of the molecule is Cc1cc(NC(=O)OCC2c3ccccc3-c3ccccc32)cc2c1N1Cc3cc(NC(=O)OCC4c5ccccc5-c5ccccc54)cc(C)c3N(C2)C1. The Hall–Kier alpha value is -6.54. The molecule has 10 rings (SSSR count). The van der Waals surface area contributed by atoms with Crippen LogP contribution in [-0.4, -0.2) is 32.1 Å². The van der Waals surface area contributed by atoms with Gasteiger partial charge in [0.05, 0.1) is 6.67 Å². The van der Waals surface area contributed by atoms with Gasteiger partial charge in [-0.2, -0.15) is 0 Å². The monoisotopic (exact) mass is 724 g/mol. The molecule has 2 N–H and O–H groups in total. The molecule has 0 spiro atoms. The Labute approximate surface area is 320 Å². The van der Waals surface area contributed by atoms with Crippen LogP contribution in [0, 0.1) is 13.8 Å². The zero-order valence-electron chi connectivity index (χ0n) is 30.8. The molecule has 0 unspecified atom stereocenters. The zero-order valence-corrected chi connectivity index (χ0v) is 30.8. The van der Waals surface area contributed by atoms with Crippen molar-refractivity contribution in [2.45, 2.75) is 38.8 Å². The summed E-state index contributed by atoms with van der Waals surface area (Å²) in [5, 5.41) is 6.03. The molecular weight excluding hydrogens is 685 g/mol. The first-order chi connectivity index (χ1) is 26.9. The summed E-state index contributed by atoms with van der Waals surface area (Å²) in [5.74, 6) is 0.00247. The second kappa shape index (κ2) is 13.1. The van der Waals surface area contributed by atoms with E-state index in [9.17, 15) is 9.59 Å². The molecule has 2 aliphatic carbocycles. The van der Waals surface area contributed by atoms with Crippen molar-refractivity contribution in [3.8, 4) is 22.3 Å². The molecule has 55 heavy (non-hydrogen) atoms. The first-order valence-electron chi connectivity index (χ1n) is 18.9. The van der Waals surface area contributed by atoms with Crippen molar-refractivity contribution in [1.82, 2.24) is 0 Å². The Morgan fingerprint density at radius 2 is 0.891 bits per heavy atom. The lowest BCUT2D eigenvalue weighted by molar-refractivity contribution is 0.157. The smallest absolute Gasteiger partial charge is 0.411 e. The van der Waals surface area contributed by atoms with Gasteiger partial charge in [-0.1, -0.05) is 97.1 Å². The summed E-state index contributed by atoms with van der Waals surface area (Å²) in [7, 11) is 0. The van der Waals surface area contributed by atoms with Crippen LogP contribution in [0.25, 0.3) is 22.3 Å². The Morgan fingerprint density at radius 1 is 0.545 bits per heavy atom. The summed E-state index contributed by atoms with van der Waals surface area (Å²) in [6.45, 7) is 6.86. The number of carbonyl (C=O) groups excluding carboxylic acids is 2. The van der Waals surface area contributed by atoms with Gasteiger partial charge >= 0.3 is 12.2 Å². The average molecular weight is 725 g/mol. The van der Waals surface area contributed by atoms with E-state index in [4.69, 9.17) is 9.47 Å². The normalized spacial score (nSPS) is 14.6. The van der Waals surface area contributed by atoms with Crippen LogP contribution >= 0.6 is 0 Å².